The Kier molecular flexibility index (Phi) is 6.68. The largest absolute Gasteiger partial charge is 0.456 e. The van der Waals surface area contributed by atoms with Crippen molar-refractivity contribution in [2.45, 2.75) is 26.7 Å². The number of rotatable bonds is 6. The minimum Gasteiger partial charge on any atom is -0.456 e. The van der Waals surface area contributed by atoms with Gasteiger partial charge in [0.15, 0.2) is 0 Å². The average molecular weight is 620 g/mol. The molecular formula is C44H33N3O. The number of hydrogen-bond donors (Lipinski definition) is 0. The van der Waals surface area contributed by atoms with Gasteiger partial charge in [-0.05, 0) is 65.4 Å². The van der Waals surface area contributed by atoms with Crippen molar-refractivity contribution in [3.05, 3.63) is 151 Å². The van der Waals surface area contributed by atoms with Gasteiger partial charge >= 0.3 is 0 Å². The summed E-state index contributed by atoms with van der Waals surface area (Å²) in [7, 11) is 0. The molecule has 6 aromatic carbocycles. The summed E-state index contributed by atoms with van der Waals surface area (Å²) < 4.78 is 8.71. The quantitative estimate of drug-likeness (QED) is 0.186. The van der Waals surface area contributed by atoms with Gasteiger partial charge in [-0.2, -0.15) is 0 Å². The molecule has 0 unspecified atom stereocenters. The van der Waals surface area contributed by atoms with E-state index in [1.54, 1.807) is 0 Å². The second-order valence-corrected chi connectivity index (χ2v) is 12.3. The third-order valence-corrected chi connectivity index (χ3v) is 9.62. The fourth-order valence-electron chi connectivity index (χ4n) is 7.41. The fraction of sp³-hybridized carbons (Fsp3) is 0.0909. The highest BCUT2D eigenvalue weighted by Gasteiger charge is 2.26. The van der Waals surface area contributed by atoms with Crippen LogP contribution in [0.15, 0.2) is 144 Å². The second kappa shape index (κ2) is 11.4. The molecule has 0 radical (unpaired) electrons. The minimum absolute atomic E-state index is 0.659. The molecule has 230 valence electrons. The van der Waals surface area contributed by atoms with E-state index >= 15 is 0 Å². The maximum atomic E-state index is 6.41. The van der Waals surface area contributed by atoms with Gasteiger partial charge < -0.3 is 4.42 Å². The Bertz CT molecular complexity index is 2630. The zero-order valence-electron chi connectivity index (χ0n) is 26.9. The molecule has 4 heteroatoms. The molecule has 0 N–H and O–H groups in total. The van der Waals surface area contributed by atoms with Crippen LogP contribution in [0.25, 0.3) is 83.3 Å². The lowest BCUT2D eigenvalue weighted by Gasteiger charge is -2.16. The summed E-state index contributed by atoms with van der Waals surface area (Å²) >= 11 is 0. The van der Waals surface area contributed by atoms with E-state index in [2.05, 4.69) is 152 Å². The van der Waals surface area contributed by atoms with Crippen LogP contribution in [0.4, 0.5) is 0 Å². The lowest BCUT2D eigenvalue weighted by atomic mass is 9.96. The molecule has 9 rings (SSSR count). The Labute approximate surface area is 278 Å². The van der Waals surface area contributed by atoms with Crippen molar-refractivity contribution in [2.75, 3.05) is 0 Å². The summed E-state index contributed by atoms with van der Waals surface area (Å²) in [5.41, 5.74) is 13.0. The van der Waals surface area contributed by atoms with E-state index in [-0.39, 0.29) is 0 Å². The molecule has 0 amide bonds. The monoisotopic (exact) mass is 619 g/mol. The summed E-state index contributed by atoms with van der Waals surface area (Å²) in [5.74, 6) is 0.659. The Hall–Kier alpha value is -6.00. The highest BCUT2D eigenvalue weighted by atomic mass is 16.3. The molecule has 3 aromatic heterocycles. The summed E-state index contributed by atoms with van der Waals surface area (Å²) in [6.45, 7) is 4.48. The van der Waals surface area contributed by atoms with Gasteiger partial charge in [0.2, 0.25) is 5.95 Å². The van der Waals surface area contributed by atoms with Gasteiger partial charge in [-0.1, -0.05) is 123 Å². The van der Waals surface area contributed by atoms with Crippen LogP contribution in [0.1, 0.15) is 25.0 Å². The predicted octanol–water partition coefficient (Wildman–Crippen LogP) is 11.6. The molecule has 0 saturated carbocycles. The average Bonchev–Trinajstić information content (AvgIpc) is 3.70. The molecule has 0 atom stereocenters. The molecule has 0 aliphatic carbocycles. The Morgan fingerprint density at radius 2 is 1.29 bits per heavy atom. The molecule has 0 saturated heterocycles. The van der Waals surface area contributed by atoms with Crippen molar-refractivity contribution in [2.24, 2.45) is 0 Å². The van der Waals surface area contributed by atoms with Gasteiger partial charge in [0.25, 0.3) is 0 Å². The van der Waals surface area contributed by atoms with Crippen LogP contribution in [0, 0.1) is 0 Å². The van der Waals surface area contributed by atoms with Crippen molar-refractivity contribution in [3.63, 3.8) is 0 Å². The summed E-state index contributed by atoms with van der Waals surface area (Å²) in [6, 6.07) is 48.9. The van der Waals surface area contributed by atoms with Gasteiger partial charge in [-0.3, -0.25) is 4.57 Å². The highest BCUT2D eigenvalue weighted by molar-refractivity contribution is 6.21. The number of nitrogens with zero attached hydrogens (tertiary/aromatic N) is 3. The maximum Gasteiger partial charge on any atom is 0.235 e. The van der Waals surface area contributed by atoms with Crippen LogP contribution in [-0.4, -0.2) is 14.5 Å². The zero-order chi connectivity index (χ0) is 32.2. The van der Waals surface area contributed by atoms with E-state index in [0.717, 1.165) is 73.7 Å². The van der Waals surface area contributed by atoms with Gasteiger partial charge in [-0.15, -0.1) is 0 Å². The smallest absolute Gasteiger partial charge is 0.235 e. The zero-order valence-corrected chi connectivity index (χ0v) is 26.9. The number of benzene rings is 6. The molecule has 0 fully saturated rings. The molecule has 3 heterocycles. The lowest BCUT2D eigenvalue weighted by molar-refractivity contribution is 0.669. The normalized spacial score (nSPS) is 11.7. The van der Waals surface area contributed by atoms with E-state index in [9.17, 15) is 0 Å². The van der Waals surface area contributed by atoms with Crippen LogP contribution in [-0.2, 0) is 12.8 Å². The third kappa shape index (κ3) is 4.37. The first-order chi connectivity index (χ1) is 23.7. The van der Waals surface area contributed by atoms with Gasteiger partial charge in [0.05, 0.1) is 22.4 Å². The van der Waals surface area contributed by atoms with Crippen LogP contribution in [0.2, 0.25) is 0 Å². The second-order valence-electron chi connectivity index (χ2n) is 12.3. The number of aromatic nitrogens is 3. The van der Waals surface area contributed by atoms with Gasteiger partial charge in [0.1, 0.15) is 11.2 Å². The molecular weight excluding hydrogens is 587 g/mol. The molecule has 48 heavy (non-hydrogen) atoms. The first kappa shape index (κ1) is 28.2. The van der Waals surface area contributed by atoms with Crippen molar-refractivity contribution in [3.8, 4) is 39.6 Å². The van der Waals surface area contributed by atoms with E-state index in [1.807, 2.05) is 6.07 Å². The molecule has 4 nitrogen and oxygen atoms in total. The minimum atomic E-state index is 0.659. The summed E-state index contributed by atoms with van der Waals surface area (Å²) in [6.07, 6.45) is 1.76. The number of aryl methyl sites for hydroxylation is 2. The van der Waals surface area contributed by atoms with Crippen LogP contribution in [0.5, 0.6) is 0 Å². The van der Waals surface area contributed by atoms with Gasteiger partial charge in [-0.25, -0.2) is 9.97 Å². The molecule has 9 aromatic rings. The Morgan fingerprint density at radius 3 is 2.08 bits per heavy atom. The fourth-order valence-corrected chi connectivity index (χ4v) is 7.41. The molecule has 0 bridgehead atoms. The molecule has 0 aliphatic rings. The van der Waals surface area contributed by atoms with Crippen molar-refractivity contribution >= 4 is 43.7 Å². The predicted molar refractivity (Wildman–Crippen MR) is 199 cm³/mol. The van der Waals surface area contributed by atoms with E-state index in [4.69, 9.17) is 14.4 Å². The van der Waals surface area contributed by atoms with Crippen molar-refractivity contribution in [1.29, 1.82) is 0 Å². The maximum absolute atomic E-state index is 6.41. The Morgan fingerprint density at radius 1 is 0.562 bits per heavy atom. The number of furan rings is 1. The number of fused-ring (bicyclic) bond motifs is 6. The van der Waals surface area contributed by atoms with E-state index in [1.165, 1.54) is 27.6 Å². The van der Waals surface area contributed by atoms with Crippen molar-refractivity contribution in [1.82, 2.24) is 14.5 Å². The van der Waals surface area contributed by atoms with Crippen molar-refractivity contribution < 1.29 is 4.42 Å². The standard InChI is InChI=1S/C44H33N3O/c1-3-28-15-11-12-20-33(28)43-32(4-2)40-37(25-26-39-41(40)34-21-13-14-22-38(34)48-39)47(43)44-45-36-24-23-31(29-16-7-5-8-17-29)27-35(36)42(46-44)30-18-9-6-10-19-30/h5-27H,3-4H2,1-2H3. The van der Waals surface area contributed by atoms with Gasteiger partial charge in [0, 0.05) is 32.7 Å². The Balaban J connectivity index is 1.43. The highest BCUT2D eigenvalue weighted by Crippen LogP contribution is 2.44. The molecule has 0 spiro atoms. The lowest BCUT2D eigenvalue weighted by Crippen LogP contribution is -2.06. The van der Waals surface area contributed by atoms with Crippen LogP contribution >= 0.6 is 0 Å². The SMILES string of the molecule is CCc1ccccc1-c1c(CC)c2c3c(ccc2n1-c1nc(-c2ccccc2)c2cc(-c4ccccc4)ccc2n1)oc1ccccc13. The first-order valence-electron chi connectivity index (χ1n) is 16.7. The topological polar surface area (TPSA) is 43.9 Å². The van der Waals surface area contributed by atoms with E-state index in [0.29, 0.717) is 5.95 Å². The number of para-hydroxylation sites is 1. The van der Waals surface area contributed by atoms with Crippen LogP contribution in [0.3, 0.4) is 0 Å². The third-order valence-electron chi connectivity index (χ3n) is 9.62. The molecule has 0 aliphatic heterocycles. The first-order valence-corrected chi connectivity index (χ1v) is 16.7. The van der Waals surface area contributed by atoms with Crippen LogP contribution < -0.4 is 0 Å². The summed E-state index contributed by atoms with van der Waals surface area (Å²) in [4.78, 5) is 10.8. The summed E-state index contributed by atoms with van der Waals surface area (Å²) in [5, 5.41) is 4.49. The van der Waals surface area contributed by atoms with E-state index < -0.39 is 0 Å². The number of hydrogen-bond acceptors (Lipinski definition) is 3.